The Balaban J connectivity index is 2.10. The van der Waals surface area contributed by atoms with Gasteiger partial charge >= 0.3 is 0 Å². The topological polar surface area (TPSA) is 79.1 Å². The van der Waals surface area contributed by atoms with Crippen LogP contribution in [0, 0.1) is 20.8 Å². The Morgan fingerprint density at radius 1 is 0.641 bits per heavy atom. The van der Waals surface area contributed by atoms with Gasteiger partial charge in [-0.05, 0) is 98.2 Å². The molecule has 0 bridgehead atoms. The van der Waals surface area contributed by atoms with Gasteiger partial charge in [-0.2, -0.15) is 0 Å². The predicted octanol–water partition coefficient (Wildman–Crippen LogP) is 8.57. The molecule has 200 valence electrons. The van der Waals surface area contributed by atoms with E-state index >= 15 is 0 Å². The number of allylic oxidation sites excluding steroid dienone is 2. The smallest absolute Gasteiger partial charge is 0.167 e. The number of phenolic OH excluding ortho intramolecular Hbond substituents is 2. The summed E-state index contributed by atoms with van der Waals surface area (Å²) >= 11 is 0. The molecule has 0 radical (unpaired) electrons. The van der Waals surface area contributed by atoms with Crippen molar-refractivity contribution in [2.75, 3.05) is 0 Å². The van der Waals surface area contributed by atoms with Gasteiger partial charge in [0, 0.05) is 16.7 Å². The molecule has 4 aromatic rings. The fourth-order valence-corrected chi connectivity index (χ4v) is 4.70. The molecule has 1 heterocycles. The van der Waals surface area contributed by atoms with Crippen molar-refractivity contribution in [1.82, 2.24) is 15.0 Å². The number of nitrogens with zero attached hydrogens (tertiary/aromatic N) is 3. The lowest BCUT2D eigenvalue weighted by molar-refractivity contribution is 0.448. The summed E-state index contributed by atoms with van der Waals surface area (Å²) in [6, 6.07) is 13.7. The first-order valence-corrected chi connectivity index (χ1v) is 13.0. The van der Waals surface area contributed by atoms with E-state index in [0.717, 1.165) is 44.5 Å². The highest BCUT2D eigenvalue weighted by Crippen LogP contribution is 2.41. The van der Waals surface area contributed by atoms with Crippen LogP contribution in [0.3, 0.4) is 0 Å². The van der Waals surface area contributed by atoms with Gasteiger partial charge in [0.05, 0.1) is 11.1 Å². The SMILES string of the molecule is C=C(C)c1cc(C)cc(-c2nc(-c3cc(C)cc(C(=C)C)c3O)nc(-c3cc(C)cc(C(C)(C)C)c3O)n2)c1. The summed E-state index contributed by atoms with van der Waals surface area (Å²) in [5.41, 5.74) is 8.60. The number of aromatic hydroxyl groups is 2. The second-order valence-electron chi connectivity index (χ2n) is 11.6. The molecular formula is C34H37N3O2. The van der Waals surface area contributed by atoms with Crippen LogP contribution in [0.1, 0.15) is 68.0 Å². The van der Waals surface area contributed by atoms with Gasteiger partial charge in [-0.15, -0.1) is 0 Å². The van der Waals surface area contributed by atoms with E-state index in [4.69, 9.17) is 15.0 Å². The Labute approximate surface area is 231 Å². The lowest BCUT2D eigenvalue weighted by Crippen LogP contribution is -2.12. The minimum atomic E-state index is -0.290. The quantitative estimate of drug-likeness (QED) is 0.276. The zero-order valence-electron chi connectivity index (χ0n) is 24.2. The monoisotopic (exact) mass is 519 g/mol. The molecule has 1 aromatic heterocycles. The Morgan fingerprint density at radius 2 is 1.15 bits per heavy atom. The third-order valence-corrected chi connectivity index (χ3v) is 6.72. The van der Waals surface area contributed by atoms with Crippen LogP contribution in [0.5, 0.6) is 11.5 Å². The summed E-state index contributed by atoms with van der Waals surface area (Å²) in [5, 5.41) is 22.7. The molecule has 0 saturated carbocycles. The van der Waals surface area contributed by atoms with Gasteiger partial charge in [-0.1, -0.05) is 51.6 Å². The van der Waals surface area contributed by atoms with Gasteiger partial charge in [0.1, 0.15) is 11.5 Å². The summed E-state index contributed by atoms with van der Waals surface area (Å²) in [4.78, 5) is 14.5. The van der Waals surface area contributed by atoms with Crippen molar-refractivity contribution in [3.63, 3.8) is 0 Å². The second-order valence-corrected chi connectivity index (χ2v) is 11.6. The van der Waals surface area contributed by atoms with Crippen LogP contribution in [-0.2, 0) is 5.41 Å². The Bertz CT molecular complexity index is 1640. The van der Waals surface area contributed by atoms with Crippen LogP contribution in [0.4, 0.5) is 0 Å². The van der Waals surface area contributed by atoms with E-state index in [9.17, 15) is 10.2 Å². The minimum absolute atomic E-state index is 0.0620. The highest BCUT2D eigenvalue weighted by Gasteiger charge is 2.24. The average Bonchev–Trinajstić information content (AvgIpc) is 2.84. The van der Waals surface area contributed by atoms with Gasteiger partial charge in [0.15, 0.2) is 17.5 Å². The maximum Gasteiger partial charge on any atom is 0.167 e. The maximum absolute atomic E-state index is 11.4. The number of aromatic nitrogens is 3. The molecule has 0 aliphatic heterocycles. The first kappa shape index (κ1) is 27.8. The van der Waals surface area contributed by atoms with Gasteiger partial charge in [-0.25, -0.2) is 15.0 Å². The number of rotatable bonds is 5. The van der Waals surface area contributed by atoms with Crippen LogP contribution >= 0.6 is 0 Å². The van der Waals surface area contributed by atoms with Crippen LogP contribution in [0.2, 0.25) is 0 Å². The summed E-state index contributed by atoms with van der Waals surface area (Å²) in [6.07, 6.45) is 0. The lowest BCUT2D eigenvalue weighted by Gasteiger charge is -2.23. The first-order chi connectivity index (χ1) is 18.1. The van der Waals surface area contributed by atoms with Crippen LogP contribution in [-0.4, -0.2) is 25.2 Å². The lowest BCUT2D eigenvalue weighted by atomic mass is 9.84. The third kappa shape index (κ3) is 5.63. The van der Waals surface area contributed by atoms with Gasteiger partial charge in [-0.3, -0.25) is 0 Å². The molecule has 5 heteroatoms. The molecular weight excluding hydrogens is 482 g/mol. The van der Waals surface area contributed by atoms with Gasteiger partial charge in [0.25, 0.3) is 0 Å². The zero-order valence-corrected chi connectivity index (χ0v) is 24.2. The van der Waals surface area contributed by atoms with E-state index in [1.165, 1.54) is 0 Å². The highest BCUT2D eigenvalue weighted by atomic mass is 16.3. The highest BCUT2D eigenvalue weighted by molar-refractivity contribution is 5.80. The van der Waals surface area contributed by atoms with Crippen molar-refractivity contribution in [3.8, 4) is 45.7 Å². The molecule has 0 saturated heterocycles. The number of benzene rings is 3. The van der Waals surface area contributed by atoms with Crippen LogP contribution < -0.4 is 0 Å². The Hall–Kier alpha value is -4.25. The number of aryl methyl sites for hydroxylation is 3. The minimum Gasteiger partial charge on any atom is -0.507 e. The van der Waals surface area contributed by atoms with E-state index in [1.54, 1.807) is 0 Å². The summed E-state index contributed by atoms with van der Waals surface area (Å²) in [7, 11) is 0. The molecule has 0 amide bonds. The first-order valence-electron chi connectivity index (χ1n) is 13.0. The fourth-order valence-electron chi connectivity index (χ4n) is 4.70. The van der Waals surface area contributed by atoms with Crippen molar-refractivity contribution in [3.05, 3.63) is 89.0 Å². The summed E-state index contributed by atoms with van der Waals surface area (Å²) in [5.74, 6) is 1.29. The largest absolute Gasteiger partial charge is 0.507 e. The van der Waals surface area contributed by atoms with E-state index in [-0.39, 0.29) is 16.9 Å². The molecule has 0 spiro atoms. The molecule has 2 N–H and O–H groups in total. The van der Waals surface area contributed by atoms with Crippen molar-refractivity contribution in [2.24, 2.45) is 0 Å². The van der Waals surface area contributed by atoms with Crippen LogP contribution in [0.25, 0.3) is 45.3 Å². The number of hydrogen-bond acceptors (Lipinski definition) is 5. The van der Waals surface area contributed by atoms with Crippen molar-refractivity contribution >= 4 is 11.1 Å². The van der Waals surface area contributed by atoms with Crippen LogP contribution in [0.15, 0.2) is 55.6 Å². The molecule has 5 nitrogen and oxygen atoms in total. The van der Waals surface area contributed by atoms with Crippen molar-refractivity contribution < 1.29 is 10.2 Å². The Kier molecular flexibility index (Phi) is 7.22. The molecule has 0 atom stereocenters. The predicted molar refractivity (Wildman–Crippen MR) is 162 cm³/mol. The second kappa shape index (κ2) is 10.1. The van der Waals surface area contributed by atoms with Crippen molar-refractivity contribution in [2.45, 2.75) is 60.8 Å². The molecule has 4 rings (SSSR count). The van der Waals surface area contributed by atoms with Crippen molar-refractivity contribution in [1.29, 1.82) is 0 Å². The zero-order chi connectivity index (χ0) is 28.8. The fraction of sp³-hybridized carbons (Fsp3) is 0.265. The normalized spacial score (nSPS) is 11.5. The standard InChI is InChI=1S/C34H37N3O2/c1-18(2)23-11-20(5)12-24(17-23)31-35-32(26-14-21(6)13-25(19(3)4)29(26)38)37-33(36-31)27-15-22(7)16-28(30(27)39)34(8,9)10/h11-17,38-39H,1,3H2,2,4-10H3. The Morgan fingerprint density at radius 3 is 1.69 bits per heavy atom. The number of hydrogen-bond donors (Lipinski definition) is 2. The number of phenols is 2. The van der Waals surface area contributed by atoms with E-state index < -0.39 is 0 Å². The molecule has 0 unspecified atom stereocenters. The average molecular weight is 520 g/mol. The molecule has 0 aliphatic rings. The molecule has 0 aliphatic carbocycles. The van der Waals surface area contributed by atoms with E-state index in [2.05, 4.69) is 40.0 Å². The maximum atomic E-state index is 11.4. The summed E-state index contributed by atoms with van der Waals surface area (Å²) in [6.45, 7) is 24.1. The van der Waals surface area contributed by atoms with Gasteiger partial charge in [0.2, 0.25) is 0 Å². The summed E-state index contributed by atoms with van der Waals surface area (Å²) < 4.78 is 0. The van der Waals surface area contributed by atoms with E-state index in [1.807, 2.05) is 71.0 Å². The molecule has 3 aromatic carbocycles. The molecule has 39 heavy (non-hydrogen) atoms. The van der Waals surface area contributed by atoms with E-state index in [0.29, 0.717) is 34.2 Å². The van der Waals surface area contributed by atoms with Gasteiger partial charge < -0.3 is 10.2 Å². The molecule has 0 fully saturated rings. The third-order valence-electron chi connectivity index (χ3n) is 6.72.